The minimum absolute atomic E-state index is 0.0269. The van der Waals surface area contributed by atoms with E-state index < -0.39 is 17.4 Å². The van der Waals surface area contributed by atoms with Crippen molar-refractivity contribution in [2.45, 2.75) is 12.6 Å². The molecule has 11 heteroatoms. The van der Waals surface area contributed by atoms with E-state index in [4.69, 9.17) is 9.47 Å². The van der Waals surface area contributed by atoms with Gasteiger partial charge in [0.15, 0.2) is 11.2 Å². The van der Waals surface area contributed by atoms with Crippen molar-refractivity contribution in [2.75, 3.05) is 44.8 Å². The molecular formula is C21H28N6O5. The number of benzene rings is 1. The van der Waals surface area contributed by atoms with Crippen LogP contribution in [0.5, 0.6) is 11.5 Å². The van der Waals surface area contributed by atoms with E-state index in [0.29, 0.717) is 36.2 Å². The number of ether oxygens (including phenoxy) is 2. The lowest BCUT2D eigenvalue weighted by molar-refractivity contribution is 0.0935. The normalized spacial score (nSPS) is 15.2. The number of hydrogen-bond acceptors (Lipinski definition) is 8. The lowest BCUT2D eigenvalue weighted by Crippen LogP contribution is -2.45. The molecule has 0 unspecified atom stereocenters. The topological polar surface area (TPSA) is 116 Å². The molecule has 0 aliphatic carbocycles. The van der Waals surface area contributed by atoms with Crippen LogP contribution in [0.2, 0.25) is 0 Å². The molecule has 0 bridgehead atoms. The minimum Gasteiger partial charge on any atom is -0.497 e. The minimum atomic E-state index is -0.905. The number of fused-ring (bicyclic) bond motifs is 1. The summed E-state index contributed by atoms with van der Waals surface area (Å²) in [5.74, 6) is 1.87. The summed E-state index contributed by atoms with van der Waals surface area (Å²) in [6, 6.07) is 7.07. The van der Waals surface area contributed by atoms with Gasteiger partial charge in [0.2, 0.25) is 5.95 Å². The zero-order valence-corrected chi connectivity index (χ0v) is 18.4. The van der Waals surface area contributed by atoms with Gasteiger partial charge in [-0.1, -0.05) is 0 Å². The number of piperazine rings is 1. The van der Waals surface area contributed by atoms with Crippen LogP contribution in [-0.2, 0) is 20.6 Å². The number of nitrogens with zero attached hydrogens (tertiary/aromatic N) is 5. The van der Waals surface area contributed by atoms with E-state index in [2.05, 4.69) is 15.2 Å². The van der Waals surface area contributed by atoms with Crippen LogP contribution in [0.4, 0.5) is 5.95 Å². The fraction of sp³-hybridized carbons (Fsp3) is 0.476. The fourth-order valence-electron chi connectivity index (χ4n) is 3.84. The average Bonchev–Trinajstić information content (AvgIpc) is 3.20. The predicted molar refractivity (Wildman–Crippen MR) is 120 cm³/mol. The molecule has 1 aliphatic heterocycles. The molecule has 1 atom stereocenters. The zero-order chi connectivity index (χ0) is 22.8. The van der Waals surface area contributed by atoms with E-state index in [9.17, 15) is 14.7 Å². The Morgan fingerprint density at radius 3 is 2.41 bits per heavy atom. The van der Waals surface area contributed by atoms with E-state index in [1.807, 2.05) is 0 Å². The summed E-state index contributed by atoms with van der Waals surface area (Å²) in [6.45, 7) is 3.09. The maximum absolute atomic E-state index is 13.0. The summed E-state index contributed by atoms with van der Waals surface area (Å²) in [6.07, 6.45) is -0.905. The summed E-state index contributed by atoms with van der Waals surface area (Å²) in [5.41, 5.74) is -0.302. The number of rotatable bonds is 7. The molecule has 3 heterocycles. The molecule has 0 amide bonds. The molecule has 11 nitrogen and oxygen atoms in total. The van der Waals surface area contributed by atoms with Crippen LogP contribution in [0.1, 0.15) is 0 Å². The molecule has 1 fully saturated rings. The van der Waals surface area contributed by atoms with Crippen molar-refractivity contribution < 1.29 is 14.6 Å². The van der Waals surface area contributed by atoms with Gasteiger partial charge in [-0.05, 0) is 24.3 Å². The summed E-state index contributed by atoms with van der Waals surface area (Å²) < 4.78 is 15.0. The first-order chi connectivity index (χ1) is 15.4. The maximum Gasteiger partial charge on any atom is 0.332 e. The molecule has 172 valence electrons. The molecule has 0 spiro atoms. The Hall–Kier alpha value is -3.31. The lowest BCUT2D eigenvalue weighted by Gasteiger charge is -2.29. The van der Waals surface area contributed by atoms with Gasteiger partial charge in [-0.2, -0.15) is 4.98 Å². The summed E-state index contributed by atoms with van der Waals surface area (Å²) in [5, 5.41) is 14.0. The van der Waals surface area contributed by atoms with Crippen molar-refractivity contribution >= 4 is 17.1 Å². The molecule has 2 aromatic heterocycles. The second-order valence-corrected chi connectivity index (χ2v) is 7.78. The number of aliphatic hydroxyl groups excluding tert-OH is 1. The van der Waals surface area contributed by atoms with Gasteiger partial charge in [-0.3, -0.25) is 13.9 Å². The molecule has 1 aromatic carbocycles. The van der Waals surface area contributed by atoms with E-state index in [1.54, 1.807) is 43.0 Å². The van der Waals surface area contributed by atoms with Crippen LogP contribution in [-0.4, -0.2) is 69.8 Å². The van der Waals surface area contributed by atoms with Crippen molar-refractivity contribution in [3.8, 4) is 11.5 Å². The highest BCUT2D eigenvalue weighted by molar-refractivity contribution is 5.74. The predicted octanol–water partition coefficient (Wildman–Crippen LogP) is -0.708. The Morgan fingerprint density at radius 2 is 1.75 bits per heavy atom. The zero-order valence-electron chi connectivity index (χ0n) is 18.4. The van der Waals surface area contributed by atoms with Gasteiger partial charge in [-0.15, -0.1) is 0 Å². The molecule has 1 saturated heterocycles. The third-order valence-electron chi connectivity index (χ3n) is 5.62. The molecule has 0 saturated carbocycles. The molecule has 3 aromatic rings. The summed E-state index contributed by atoms with van der Waals surface area (Å²) in [4.78, 5) is 32.1. The van der Waals surface area contributed by atoms with Crippen molar-refractivity contribution in [3.05, 3.63) is 45.1 Å². The van der Waals surface area contributed by atoms with Crippen LogP contribution in [0.25, 0.3) is 11.2 Å². The quantitative estimate of drug-likeness (QED) is 0.491. The number of imidazole rings is 1. The Kier molecular flexibility index (Phi) is 6.19. The lowest BCUT2D eigenvalue weighted by atomic mass is 10.3. The SMILES string of the molecule is COc1ccc(OC[C@H](O)Cn2c(N3CCNCC3)nc3c2c(=O)n(C)c(=O)n3C)cc1. The van der Waals surface area contributed by atoms with Crippen molar-refractivity contribution in [3.63, 3.8) is 0 Å². The highest BCUT2D eigenvalue weighted by atomic mass is 16.5. The number of hydrogen-bond donors (Lipinski definition) is 2. The summed E-state index contributed by atoms with van der Waals surface area (Å²) in [7, 11) is 4.62. The van der Waals surface area contributed by atoms with Gasteiger partial charge in [0, 0.05) is 40.3 Å². The molecule has 32 heavy (non-hydrogen) atoms. The highest BCUT2D eigenvalue weighted by Crippen LogP contribution is 2.21. The van der Waals surface area contributed by atoms with Crippen LogP contribution in [0.3, 0.4) is 0 Å². The molecule has 0 radical (unpaired) electrons. The van der Waals surface area contributed by atoms with E-state index >= 15 is 0 Å². The maximum atomic E-state index is 13.0. The molecule has 2 N–H and O–H groups in total. The van der Waals surface area contributed by atoms with Gasteiger partial charge in [0.1, 0.15) is 24.2 Å². The molecule has 1 aliphatic rings. The number of aliphatic hydroxyl groups is 1. The highest BCUT2D eigenvalue weighted by Gasteiger charge is 2.25. The third-order valence-corrected chi connectivity index (χ3v) is 5.62. The van der Waals surface area contributed by atoms with E-state index in [1.165, 1.54) is 11.6 Å². The van der Waals surface area contributed by atoms with Gasteiger partial charge in [-0.25, -0.2) is 4.79 Å². The van der Waals surface area contributed by atoms with Crippen molar-refractivity contribution in [1.29, 1.82) is 0 Å². The van der Waals surface area contributed by atoms with Gasteiger partial charge >= 0.3 is 5.69 Å². The Balaban J connectivity index is 1.66. The first kappa shape index (κ1) is 21.9. The number of anilines is 1. The number of methoxy groups -OCH3 is 1. The van der Waals surface area contributed by atoms with Gasteiger partial charge in [0.05, 0.1) is 13.7 Å². The second-order valence-electron chi connectivity index (χ2n) is 7.78. The van der Waals surface area contributed by atoms with E-state index in [-0.39, 0.29) is 18.7 Å². The second kappa shape index (κ2) is 9.05. The van der Waals surface area contributed by atoms with Crippen LogP contribution in [0, 0.1) is 0 Å². The van der Waals surface area contributed by atoms with E-state index in [0.717, 1.165) is 17.7 Å². The molecular weight excluding hydrogens is 416 g/mol. The number of nitrogens with one attached hydrogen (secondary N) is 1. The largest absolute Gasteiger partial charge is 0.497 e. The standard InChI is InChI=1S/C21H28N6O5/c1-24-18-17(19(29)25(2)21(24)30)27(20(23-18)26-10-8-22-9-11-26)12-14(28)13-32-16-6-4-15(31-3)5-7-16/h4-7,14,22,28H,8-13H2,1-3H3/t14-/m1/s1. The van der Waals surface area contributed by atoms with Crippen molar-refractivity contribution in [1.82, 2.24) is 24.0 Å². The van der Waals surface area contributed by atoms with Gasteiger partial charge < -0.3 is 29.4 Å². The average molecular weight is 444 g/mol. The van der Waals surface area contributed by atoms with Crippen LogP contribution < -0.4 is 30.9 Å². The first-order valence-electron chi connectivity index (χ1n) is 10.5. The Morgan fingerprint density at radius 1 is 1.09 bits per heavy atom. The summed E-state index contributed by atoms with van der Waals surface area (Å²) >= 11 is 0. The Bertz CT molecular complexity index is 1210. The third kappa shape index (κ3) is 4.08. The van der Waals surface area contributed by atoms with Crippen LogP contribution in [0.15, 0.2) is 33.9 Å². The smallest absolute Gasteiger partial charge is 0.332 e. The number of aromatic nitrogens is 4. The monoisotopic (exact) mass is 444 g/mol. The number of aryl methyl sites for hydroxylation is 1. The first-order valence-corrected chi connectivity index (χ1v) is 10.5. The Labute approximate surface area is 184 Å². The van der Waals surface area contributed by atoms with Crippen LogP contribution >= 0.6 is 0 Å². The van der Waals surface area contributed by atoms with Crippen molar-refractivity contribution in [2.24, 2.45) is 14.1 Å². The molecule has 4 rings (SSSR count). The fourth-order valence-corrected chi connectivity index (χ4v) is 3.84. The van der Waals surface area contributed by atoms with Gasteiger partial charge in [0.25, 0.3) is 5.56 Å².